The van der Waals surface area contributed by atoms with Gasteiger partial charge >= 0.3 is 5.97 Å². The Morgan fingerprint density at radius 2 is 1.77 bits per heavy atom. The highest BCUT2D eigenvalue weighted by atomic mass is 19.1. The lowest BCUT2D eigenvalue weighted by atomic mass is 9.75. The Morgan fingerprint density at radius 3 is 2.42 bits per heavy atom. The zero-order valence-electron chi connectivity index (χ0n) is 25.7. The summed E-state index contributed by atoms with van der Waals surface area (Å²) in [6.45, 7) is 2.09. The van der Waals surface area contributed by atoms with E-state index in [2.05, 4.69) is 5.32 Å². The Bertz CT molecular complexity index is 1300. The number of ether oxygens (including phenoxy) is 2. The summed E-state index contributed by atoms with van der Waals surface area (Å²) in [4.78, 5) is 42.3. The number of alkyl halides is 1. The molecule has 2 saturated carbocycles. The van der Waals surface area contributed by atoms with Crippen molar-refractivity contribution in [2.24, 2.45) is 36.5 Å². The summed E-state index contributed by atoms with van der Waals surface area (Å²) in [6, 6.07) is 6.34. The number of benzene rings is 1. The number of anilines is 1. The van der Waals surface area contributed by atoms with Crippen LogP contribution in [0, 0.1) is 23.7 Å². The van der Waals surface area contributed by atoms with Crippen LogP contribution in [0.1, 0.15) is 75.2 Å². The molecule has 2 aliphatic carbocycles. The van der Waals surface area contributed by atoms with Crippen molar-refractivity contribution >= 4 is 34.4 Å². The average molecular weight is 599 g/mol. The first-order chi connectivity index (χ1) is 20.7. The van der Waals surface area contributed by atoms with Crippen molar-refractivity contribution in [2.75, 3.05) is 32.3 Å². The van der Waals surface area contributed by atoms with Gasteiger partial charge in [0.05, 0.1) is 12.7 Å². The Kier molecular flexibility index (Phi) is 10.1. The van der Waals surface area contributed by atoms with E-state index in [1.165, 1.54) is 0 Å². The molecular weight excluding hydrogens is 551 g/mol. The molecule has 9 nitrogen and oxygen atoms in total. The first kappa shape index (κ1) is 31.4. The van der Waals surface area contributed by atoms with Crippen molar-refractivity contribution in [1.29, 1.82) is 0 Å². The highest BCUT2D eigenvalue weighted by Gasteiger charge is 2.47. The predicted octanol–water partition coefficient (Wildman–Crippen LogP) is 4.82. The van der Waals surface area contributed by atoms with Gasteiger partial charge in [0, 0.05) is 49.3 Å². The van der Waals surface area contributed by atoms with E-state index in [4.69, 9.17) is 15.2 Å². The van der Waals surface area contributed by atoms with Crippen LogP contribution in [0.5, 0.6) is 0 Å². The first-order valence-electron chi connectivity index (χ1n) is 16.0. The number of carbonyl (C=O) groups excluding carboxylic acids is 3. The number of nitrogens with zero attached hydrogens (tertiary/aromatic N) is 2. The van der Waals surface area contributed by atoms with E-state index < -0.39 is 24.7 Å². The molecule has 0 bridgehead atoms. The SMILES string of the molecule is CCOC(=O)c1cc2cc(NC(=O)[C@@H]3[C@H](C4CCC(OC)CC4)CCN3C(=O)C3CCC(C(N)CF)CC3)ccc2n1C. The summed E-state index contributed by atoms with van der Waals surface area (Å²) in [5, 5.41) is 3.94. The summed E-state index contributed by atoms with van der Waals surface area (Å²) >= 11 is 0. The number of methoxy groups -OCH3 is 1. The fourth-order valence-corrected chi connectivity index (χ4v) is 7.84. The normalized spacial score (nSPS) is 28.5. The molecule has 3 fully saturated rings. The second-order valence-corrected chi connectivity index (χ2v) is 12.7. The monoisotopic (exact) mass is 598 g/mol. The zero-order valence-corrected chi connectivity index (χ0v) is 25.7. The molecule has 10 heteroatoms. The van der Waals surface area contributed by atoms with Crippen LogP contribution in [0.2, 0.25) is 0 Å². The molecule has 1 aliphatic heterocycles. The number of esters is 1. The van der Waals surface area contributed by atoms with E-state index in [0.29, 0.717) is 43.3 Å². The van der Waals surface area contributed by atoms with Crippen LogP contribution in [-0.4, -0.2) is 72.4 Å². The van der Waals surface area contributed by atoms with Gasteiger partial charge in [-0.2, -0.15) is 0 Å². The molecule has 2 aromatic rings. The van der Waals surface area contributed by atoms with Crippen molar-refractivity contribution in [1.82, 2.24) is 9.47 Å². The number of halogens is 1. The molecule has 1 aromatic heterocycles. The molecule has 1 aromatic carbocycles. The number of carbonyl (C=O) groups is 3. The van der Waals surface area contributed by atoms with Crippen LogP contribution in [0.25, 0.3) is 10.9 Å². The number of amides is 2. The van der Waals surface area contributed by atoms with Gasteiger partial charge in [0.25, 0.3) is 0 Å². The molecule has 1 saturated heterocycles. The summed E-state index contributed by atoms with van der Waals surface area (Å²) < 4.78 is 25.7. The van der Waals surface area contributed by atoms with Gasteiger partial charge in [-0.3, -0.25) is 9.59 Å². The van der Waals surface area contributed by atoms with Crippen LogP contribution in [0.15, 0.2) is 24.3 Å². The van der Waals surface area contributed by atoms with E-state index in [-0.39, 0.29) is 35.7 Å². The van der Waals surface area contributed by atoms with Crippen LogP contribution in [-0.2, 0) is 26.1 Å². The number of hydrogen-bond acceptors (Lipinski definition) is 6. The summed E-state index contributed by atoms with van der Waals surface area (Å²) in [7, 11) is 3.57. The minimum Gasteiger partial charge on any atom is -0.461 e. The quantitative estimate of drug-likeness (QED) is 0.400. The number of aryl methyl sites for hydroxylation is 1. The Hall–Kier alpha value is -2.98. The number of rotatable bonds is 9. The van der Waals surface area contributed by atoms with E-state index in [1.807, 2.05) is 30.1 Å². The number of likely N-dealkylation sites (tertiary alicyclic amines) is 1. The van der Waals surface area contributed by atoms with Gasteiger partial charge in [0.15, 0.2) is 0 Å². The topological polar surface area (TPSA) is 116 Å². The van der Waals surface area contributed by atoms with Gasteiger partial charge in [0.1, 0.15) is 18.4 Å². The lowest BCUT2D eigenvalue weighted by molar-refractivity contribution is -0.142. The van der Waals surface area contributed by atoms with E-state index in [9.17, 15) is 18.8 Å². The molecule has 236 valence electrons. The molecule has 3 atom stereocenters. The smallest absolute Gasteiger partial charge is 0.354 e. The maximum Gasteiger partial charge on any atom is 0.354 e. The highest BCUT2D eigenvalue weighted by Crippen LogP contribution is 2.42. The molecule has 5 rings (SSSR count). The minimum atomic E-state index is -0.552. The summed E-state index contributed by atoms with van der Waals surface area (Å²) in [5.41, 5.74) is 7.89. The third kappa shape index (κ3) is 6.60. The second kappa shape index (κ2) is 13.8. The fourth-order valence-electron chi connectivity index (χ4n) is 7.84. The molecule has 3 aliphatic rings. The van der Waals surface area contributed by atoms with Crippen LogP contribution in [0.3, 0.4) is 0 Å². The van der Waals surface area contributed by atoms with Crippen molar-refractivity contribution in [3.05, 3.63) is 30.0 Å². The zero-order chi connectivity index (χ0) is 30.7. The summed E-state index contributed by atoms with van der Waals surface area (Å²) in [6.07, 6.45) is 7.78. The Labute approximate surface area is 253 Å². The van der Waals surface area contributed by atoms with Gasteiger partial charge < -0.3 is 30.0 Å². The number of nitrogens with one attached hydrogen (secondary N) is 1. The maximum absolute atomic E-state index is 14.1. The van der Waals surface area contributed by atoms with Crippen LogP contribution in [0.4, 0.5) is 10.1 Å². The lowest BCUT2D eigenvalue weighted by Crippen LogP contribution is -2.50. The van der Waals surface area contributed by atoms with Gasteiger partial charge in [-0.05, 0) is 107 Å². The summed E-state index contributed by atoms with van der Waals surface area (Å²) in [5.74, 6) is -0.151. The molecule has 1 unspecified atom stereocenters. The maximum atomic E-state index is 14.1. The molecular formula is C33H47FN4O5. The molecule has 0 spiro atoms. The predicted molar refractivity (Wildman–Crippen MR) is 163 cm³/mol. The largest absolute Gasteiger partial charge is 0.461 e. The number of fused-ring (bicyclic) bond motifs is 1. The molecule has 2 heterocycles. The van der Waals surface area contributed by atoms with Crippen molar-refractivity contribution in [2.45, 2.75) is 82.9 Å². The van der Waals surface area contributed by atoms with Crippen molar-refractivity contribution < 1.29 is 28.2 Å². The van der Waals surface area contributed by atoms with Crippen LogP contribution < -0.4 is 11.1 Å². The van der Waals surface area contributed by atoms with E-state index in [0.717, 1.165) is 55.8 Å². The van der Waals surface area contributed by atoms with E-state index >= 15 is 0 Å². The second-order valence-electron chi connectivity index (χ2n) is 12.7. The molecule has 0 radical (unpaired) electrons. The Balaban J connectivity index is 1.35. The third-order valence-corrected chi connectivity index (χ3v) is 10.4. The van der Waals surface area contributed by atoms with Gasteiger partial charge in [-0.1, -0.05) is 0 Å². The third-order valence-electron chi connectivity index (χ3n) is 10.4. The van der Waals surface area contributed by atoms with Crippen molar-refractivity contribution in [3.8, 4) is 0 Å². The molecule has 3 N–H and O–H groups in total. The minimum absolute atomic E-state index is 0.0399. The average Bonchev–Trinajstić information content (AvgIpc) is 3.62. The fraction of sp³-hybridized carbons (Fsp3) is 0.667. The molecule has 2 amide bonds. The first-order valence-corrected chi connectivity index (χ1v) is 16.0. The van der Waals surface area contributed by atoms with Gasteiger partial charge in [0.2, 0.25) is 11.8 Å². The van der Waals surface area contributed by atoms with Gasteiger partial charge in [-0.15, -0.1) is 0 Å². The highest BCUT2D eigenvalue weighted by molar-refractivity contribution is 6.01. The van der Waals surface area contributed by atoms with E-state index in [1.54, 1.807) is 24.7 Å². The Morgan fingerprint density at radius 1 is 1.05 bits per heavy atom. The lowest BCUT2D eigenvalue weighted by Gasteiger charge is -2.37. The van der Waals surface area contributed by atoms with Gasteiger partial charge in [-0.25, -0.2) is 9.18 Å². The number of hydrogen-bond donors (Lipinski definition) is 2. The van der Waals surface area contributed by atoms with Crippen LogP contribution >= 0.6 is 0 Å². The molecule has 43 heavy (non-hydrogen) atoms. The number of aromatic nitrogens is 1. The van der Waals surface area contributed by atoms with Crippen molar-refractivity contribution in [3.63, 3.8) is 0 Å². The standard InChI is InChI=1S/C33H47FN4O5/c1-4-43-33(41)29-18-23-17-24(11-14-28(23)37(29)2)36-31(39)30-26(20-9-12-25(42-3)13-10-20)15-16-38(30)32(40)22-7-5-21(6-8-22)27(35)19-34/h11,14,17-18,20-22,25-27,30H,4-10,12-13,15-16,19,35H2,1-3H3,(H,36,39)/t20?,21?,22?,25?,26-,27?,30-/m0/s1. The number of nitrogens with two attached hydrogens (primary N) is 1.